The molecule has 0 radical (unpaired) electrons. The van der Waals surface area contributed by atoms with Gasteiger partial charge in [0.05, 0.1) is 16.7 Å². The van der Waals surface area contributed by atoms with Gasteiger partial charge in [0.15, 0.2) is 5.82 Å². The Kier molecular flexibility index (Phi) is 3.36. The van der Waals surface area contributed by atoms with Gasteiger partial charge in [-0.3, -0.25) is 5.43 Å². The number of hydrazone groups is 1. The van der Waals surface area contributed by atoms with E-state index in [0.717, 1.165) is 16.7 Å². The van der Waals surface area contributed by atoms with Crippen molar-refractivity contribution in [3.8, 4) is 6.07 Å². The van der Waals surface area contributed by atoms with Gasteiger partial charge < -0.3 is 4.57 Å². The van der Waals surface area contributed by atoms with Crippen molar-refractivity contribution < 1.29 is 0 Å². The molecule has 0 amide bonds. The Labute approximate surface area is 122 Å². The molecule has 0 aliphatic rings. The highest BCUT2D eigenvalue weighted by atomic mass is 15.3. The molecule has 0 saturated carbocycles. The quantitative estimate of drug-likeness (QED) is 0.590. The Balaban J connectivity index is 1.99. The van der Waals surface area contributed by atoms with E-state index in [1.165, 1.54) is 0 Å². The number of anilines is 1. The lowest BCUT2D eigenvalue weighted by Gasteiger charge is -2.02. The summed E-state index contributed by atoms with van der Waals surface area (Å²) in [4.78, 5) is 4.47. The summed E-state index contributed by atoms with van der Waals surface area (Å²) in [5.41, 5.74) is 5.76. The highest BCUT2D eigenvalue weighted by Gasteiger charge is 2.13. The Morgan fingerprint density at radius 1 is 1.14 bits per heavy atom. The SMILES string of the molecule is Cn1c(/C(C#N)=N/Nc2ccccc2)nc2ccccc21. The predicted octanol–water partition coefficient (Wildman–Crippen LogP) is 2.91. The van der Waals surface area contributed by atoms with Crippen LogP contribution in [0.4, 0.5) is 5.69 Å². The van der Waals surface area contributed by atoms with E-state index in [0.29, 0.717) is 5.82 Å². The number of nitriles is 1. The highest BCUT2D eigenvalue weighted by molar-refractivity contribution is 6.11. The molecule has 5 nitrogen and oxygen atoms in total. The maximum atomic E-state index is 9.33. The van der Waals surface area contributed by atoms with Crippen molar-refractivity contribution in [1.82, 2.24) is 9.55 Å². The molecule has 3 aromatic rings. The van der Waals surface area contributed by atoms with Gasteiger partial charge in [-0.25, -0.2) is 4.98 Å². The number of para-hydroxylation sites is 3. The molecular formula is C16H13N5. The van der Waals surface area contributed by atoms with Gasteiger partial charge >= 0.3 is 0 Å². The van der Waals surface area contributed by atoms with Gasteiger partial charge in [-0.2, -0.15) is 10.4 Å². The van der Waals surface area contributed by atoms with Crippen molar-refractivity contribution in [1.29, 1.82) is 5.26 Å². The fourth-order valence-corrected chi connectivity index (χ4v) is 2.12. The van der Waals surface area contributed by atoms with Crippen LogP contribution in [-0.2, 0) is 7.05 Å². The van der Waals surface area contributed by atoms with E-state index in [9.17, 15) is 5.26 Å². The molecule has 0 unspecified atom stereocenters. The first-order valence-electron chi connectivity index (χ1n) is 6.50. The van der Waals surface area contributed by atoms with Crippen molar-refractivity contribution in [2.75, 3.05) is 5.43 Å². The summed E-state index contributed by atoms with van der Waals surface area (Å²) >= 11 is 0. The molecule has 0 saturated heterocycles. The van der Waals surface area contributed by atoms with Crippen molar-refractivity contribution >= 4 is 22.4 Å². The van der Waals surface area contributed by atoms with Gasteiger partial charge in [0.25, 0.3) is 0 Å². The lowest BCUT2D eigenvalue weighted by Crippen LogP contribution is -2.08. The third kappa shape index (κ3) is 2.47. The van der Waals surface area contributed by atoms with E-state index >= 15 is 0 Å². The summed E-state index contributed by atoms with van der Waals surface area (Å²) in [6, 6.07) is 19.3. The van der Waals surface area contributed by atoms with Crippen LogP contribution < -0.4 is 5.43 Å². The number of fused-ring (bicyclic) bond motifs is 1. The summed E-state index contributed by atoms with van der Waals surface area (Å²) in [7, 11) is 1.88. The lowest BCUT2D eigenvalue weighted by atomic mass is 10.3. The average molecular weight is 275 g/mol. The predicted molar refractivity (Wildman–Crippen MR) is 82.9 cm³/mol. The first kappa shape index (κ1) is 12.9. The topological polar surface area (TPSA) is 66.0 Å². The third-order valence-corrected chi connectivity index (χ3v) is 3.18. The molecule has 1 aromatic heterocycles. The molecular weight excluding hydrogens is 262 g/mol. The largest absolute Gasteiger partial charge is 0.325 e. The highest BCUT2D eigenvalue weighted by Crippen LogP contribution is 2.15. The molecule has 2 aromatic carbocycles. The fourth-order valence-electron chi connectivity index (χ4n) is 2.12. The number of rotatable bonds is 3. The van der Waals surface area contributed by atoms with Crippen LogP contribution in [0.1, 0.15) is 5.82 Å². The Bertz CT molecular complexity index is 840. The van der Waals surface area contributed by atoms with Crippen LogP contribution in [0, 0.1) is 11.3 Å². The second kappa shape index (κ2) is 5.47. The van der Waals surface area contributed by atoms with Crippen LogP contribution in [0.15, 0.2) is 59.7 Å². The zero-order valence-corrected chi connectivity index (χ0v) is 11.5. The zero-order chi connectivity index (χ0) is 14.7. The Morgan fingerprint density at radius 2 is 1.86 bits per heavy atom. The van der Waals surface area contributed by atoms with Gasteiger partial charge in [-0.05, 0) is 24.3 Å². The zero-order valence-electron chi connectivity index (χ0n) is 11.5. The minimum Gasteiger partial charge on any atom is -0.325 e. The molecule has 102 valence electrons. The average Bonchev–Trinajstić information content (AvgIpc) is 2.87. The Morgan fingerprint density at radius 3 is 2.57 bits per heavy atom. The molecule has 0 atom stereocenters. The fraction of sp³-hybridized carbons (Fsp3) is 0.0625. The first-order chi connectivity index (χ1) is 10.3. The first-order valence-corrected chi connectivity index (χ1v) is 6.50. The molecule has 0 aliphatic heterocycles. The van der Waals surface area contributed by atoms with Crippen molar-refractivity contribution in [2.45, 2.75) is 0 Å². The number of nitrogens with one attached hydrogen (secondary N) is 1. The molecule has 3 rings (SSSR count). The van der Waals surface area contributed by atoms with Crippen LogP contribution in [0.25, 0.3) is 11.0 Å². The van der Waals surface area contributed by atoms with Crippen LogP contribution in [0.5, 0.6) is 0 Å². The second-order valence-electron chi connectivity index (χ2n) is 4.53. The number of imidazole rings is 1. The normalized spacial score (nSPS) is 11.3. The van der Waals surface area contributed by atoms with Gasteiger partial charge in [0, 0.05) is 7.05 Å². The molecule has 1 N–H and O–H groups in total. The minimum absolute atomic E-state index is 0.248. The van der Waals surface area contributed by atoms with E-state index in [1.54, 1.807) is 0 Å². The monoisotopic (exact) mass is 275 g/mol. The molecule has 5 heteroatoms. The van der Waals surface area contributed by atoms with E-state index < -0.39 is 0 Å². The number of hydrogen-bond acceptors (Lipinski definition) is 4. The van der Waals surface area contributed by atoms with E-state index in [4.69, 9.17) is 0 Å². The minimum atomic E-state index is 0.248. The number of nitrogens with zero attached hydrogens (tertiary/aromatic N) is 4. The van der Waals surface area contributed by atoms with Crippen LogP contribution in [0.3, 0.4) is 0 Å². The molecule has 0 aliphatic carbocycles. The summed E-state index contributed by atoms with van der Waals surface area (Å²) in [6.07, 6.45) is 0. The van der Waals surface area contributed by atoms with Crippen LogP contribution >= 0.6 is 0 Å². The maximum absolute atomic E-state index is 9.33. The van der Waals surface area contributed by atoms with Gasteiger partial charge in [-0.1, -0.05) is 30.3 Å². The lowest BCUT2D eigenvalue weighted by molar-refractivity contribution is 0.929. The van der Waals surface area contributed by atoms with E-state index in [1.807, 2.05) is 66.2 Å². The van der Waals surface area contributed by atoms with E-state index in [-0.39, 0.29) is 5.71 Å². The number of aryl methyl sites for hydroxylation is 1. The van der Waals surface area contributed by atoms with Crippen LogP contribution in [0.2, 0.25) is 0 Å². The van der Waals surface area contributed by atoms with Gasteiger partial charge in [0.1, 0.15) is 6.07 Å². The molecule has 0 bridgehead atoms. The van der Waals surface area contributed by atoms with Crippen molar-refractivity contribution in [3.05, 3.63) is 60.4 Å². The summed E-state index contributed by atoms with van der Waals surface area (Å²) in [6.45, 7) is 0. The van der Waals surface area contributed by atoms with Gasteiger partial charge in [0.2, 0.25) is 5.71 Å². The molecule has 1 heterocycles. The summed E-state index contributed by atoms with van der Waals surface area (Å²) in [5, 5.41) is 13.5. The third-order valence-electron chi connectivity index (χ3n) is 3.18. The number of benzene rings is 2. The number of aromatic nitrogens is 2. The van der Waals surface area contributed by atoms with Crippen LogP contribution in [-0.4, -0.2) is 15.3 Å². The molecule has 21 heavy (non-hydrogen) atoms. The summed E-state index contributed by atoms with van der Waals surface area (Å²) < 4.78 is 1.87. The molecule has 0 fully saturated rings. The number of hydrogen-bond donors (Lipinski definition) is 1. The van der Waals surface area contributed by atoms with Crippen molar-refractivity contribution in [2.24, 2.45) is 12.1 Å². The van der Waals surface area contributed by atoms with E-state index in [2.05, 4.69) is 21.6 Å². The second-order valence-corrected chi connectivity index (χ2v) is 4.53. The van der Waals surface area contributed by atoms with Crippen molar-refractivity contribution in [3.63, 3.8) is 0 Å². The van der Waals surface area contributed by atoms with Gasteiger partial charge in [-0.15, -0.1) is 0 Å². The standard InChI is InChI=1S/C16H13N5/c1-21-15-10-6-5-9-13(15)18-16(21)14(11-17)20-19-12-7-3-2-4-8-12/h2-10,19H,1H3/b20-14+. The molecule has 0 spiro atoms. The summed E-state index contributed by atoms with van der Waals surface area (Å²) in [5.74, 6) is 0.544. The smallest absolute Gasteiger partial charge is 0.203 e. The Hall–Kier alpha value is -3.13. The maximum Gasteiger partial charge on any atom is 0.203 e.